The van der Waals surface area contributed by atoms with E-state index in [2.05, 4.69) is 24.4 Å². The zero-order valence-corrected chi connectivity index (χ0v) is 10.6. The molecule has 0 saturated carbocycles. The second-order valence-corrected chi connectivity index (χ2v) is 4.73. The SMILES string of the molecule is C[C@@H]1CC=CC[C@@H]1NC(=O)OCc1ccccc1. The summed E-state index contributed by atoms with van der Waals surface area (Å²) in [5, 5.41) is 2.93. The van der Waals surface area contributed by atoms with Gasteiger partial charge in [0.1, 0.15) is 6.61 Å². The van der Waals surface area contributed by atoms with Gasteiger partial charge in [0.05, 0.1) is 0 Å². The predicted octanol–water partition coefficient (Wildman–Crippen LogP) is 3.27. The van der Waals surface area contributed by atoms with E-state index in [0.717, 1.165) is 18.4 Å². The molecule has 1 aromatic carbocycles. The van der Waals surface area contributed by atoms with E-state index in [9.17, 15) is 4.79 Å². The second-order valence-electron chi connectivity index (χ2n) is 4.73. The Bertz CT molecular complexity index is 414. The molecule has 96 valence electrons. The van der Waals surface area contributed by atoms with Crippen LogP contribution in [0.25, 0.3) is 0 Å². The van der Waals surface area contributed by atoms with E-state index in [0.29, 0.717) is 12.5 Å². The standard InChI is InChI=1S/C15H19NO2/c1-12-7-5-6-10-14(12)16-15(17)18-11-13-8-3-2-4-9-13/h2-6,8-9,12,14H,7,10-11H2,1H3,(H,16,17)/t12-,14+/m1/s1. The summed E-state index contributed by atoms with van der Waals surface area (Å²) in [6, 6.07) is 9.89. The Kier molecular flexibility index (Phi) is 4.40. The van der Waals surface area contributed by atoms with Gasteiger partial charge in [-0.05, 0) is 24.3 Å². The highest BCUT2D eigenvalue weighted by atomic mass is 16.5. The van der Waals surface area contributed by atoms with Crippen LogP contribution in [0.15, 0.2) is 42.5 Å². The number of hydrogen-bond acceptors (Lipinski definition) is 2. The molecule has 0 fully saturated rings. The number of amides is 1. The van der Waals surface area contributed by atoms with E-state index in [4.69, 9.17) is 4.74 Å². The first kappa shape index (κ1) is 12.7. The molecule has 0 saturated heterocycles. The average Bonchev–Trinajstić information content (AvgIpc) is 2.40. The highest BCUT2D eigenvalue weighted by molar-refractivity contribution is 5.67. The van der Waals surface area contributed by atoms with Gasteiger partial charge in [-0.1, -0.05) is 49.4 Å². The monoisotopic (exact) mass is 245 g/mol. The zero-order chi connectivity index (χ0) is 12.8. The van der Waals surface area contributed by atoms with Gasteiger partial charge in [-0.15, -0.1) is 0 Å². The molecule has 3 nitrogen and oxygen atoms in total. The van der Waals surface area contributed by atoms with E-state index in [1.54, 1.807) is 0 Å². The lowest BCUT2D eigenvalue weighted by Crippen LogP contribution is -2.40. The topological polar surface area (TPSA) is 38.3 Å². The van der Waals surface area contributed by atoms with Gasteiger partial charge in [0.25, 0.3) is 0 Å². The van der Waals surface area contributed by atoms with Crippen LogP contribution in [0.1, 0.15) is 25.3 Å². The van der Waals surface area contributed by atoms with Gasteiger partial charge < -0.3 is 10.1 Å². The van der Waals surface area contributed by atoms with Crippen LogP contribution in [0.3, 0.4) is 0 Å². The highest BCUT2D eigenvalue weighted by Crippen LogP contribution is 2.18. The van der Waals surface area contributed by atoms with Gasteiger partial charge in [-0.2, -0.15) is 0 Å². The van der Waals surface area contributed by atoms with E-state index < -0.39 is 0 Å². The third-order valence-corrected chi connectivity index (χ3v) is 3.27. The van der Waals surface area contributed by atoms with Crippen LogP contribution >= 0.6 is 0 Å². The van der Waals surface area contributed by atoms with Gasteiger partial charge in [-0.3, -0.25) is 0 Å². The van der Waals surface area contributed by atoms with Crippen LogP contribution in [0.2, 0.25) is 0 Å². The predicted molar refractivity (Wildman–Crippen MR) is 71.1 cm³/mol. The minimum absolute atomic E-state index is 0.193. The number of ether oxygens (including phenoxy) is 1. The van der Waals surface area contributed by atoms with Crippen molar-refractivity contribution in [1.29, 1.82) is 0 Å². The van der Waals surface area contributed by atoms with Crippen molar-refractivity contribution >= 4 is 6.09 Å². The number of allylic oxidation sites excluding steroid dienone is 1. The van der Waals surface area contributed by atoms with E-state index >= 15 is 0 Å². The fourth-order valence-electron chi connectivity index (χ4n) is 2.07. The summed E-state index contributed by atoms with van der Waals surface area (Å²) in [7, 11) is 0. The maximum Gasteiger partial charge on any atom is 0.407 e. The first-order chi connectivity index (χ1) is 8.75. The lowest BCUT2D eigenvalue weighted by molar-refractivity contribution is 0.132. The summed E-state index contributed by atoms with van der Waals surface area (Å²) in [6.07, 6.45) is 5.86. The van der Waals surface area contributed by atoms with Crippen LogP contribution in [0.5, 0.6) is 0 Å². The Balaban J connectivity index is 1.77. The summed E-state index contributed by atoms with van der Waals surface area (Å²) >= 11 is 0. The minimum atomic E-state index is -0.328. The van der Waals surface area contributed by atoms with Crippen molar-refractivity contribution in [2.45, 2.75) is 32.4 Å². The summed E-state index contributed by atoms with van der Waals surface area (Å²) in [6.45, 7) is 2.47. The molecule has 0 unspecified atom stereocenters. The molecule has 0 heterocycles. The molecular formula is C15H19NO2. The molecule has 0 aromatic heterocycles. The molecule has 1 aromatic rings. The van der Waals surface area contributed by atoms with E-state index in [1.807, 2.05) is 30.3 Å². The van der Waals surface area contributed by atoms with Gasteiger partial charge in [0, 0.05) is 6.04 Å². The first-order valence-electron chi connectivity index (χ1n) is 6.38. The Morgan fingerprint density at radius 1 is 1.28 bits per heavy atom. The maximum atomic E-state index is 11.7. The molecule has 1 aliphatic carbocycles. The smallest absolute Gasteiger partial charge is 0.407 e. The van der Waals surface area contributed by atoms with Gasteiger partial charge in [-0.25, -0.2) is 4.79 Å². The van der Waals surface area contributed by atoms with Crippen LogP contribution in [0.4, 0.5) is 4.79 Å². The summed E-state index contributed by atoms with van der Waals surface area (Å²) in [5.74, 6) is 0.472. The molecule has 1 aliphatic rings. The molecular weight excluding hydrogens is 226 g/mol. The van der Waals surface area contributed by atoms with Crippen LogP contribution < -0.4 is 5.32 Å². The number of rotatable bonds is 3. The van der Waals surface area contributed by atoms with Crippen molar-refractivity contribution in [2.75, 3.05) is 0 Å². The second kappa shape index (κ2) is 6.24. The highest BCUT2D eigenvalue weighted by Gasteiger charge is 2.20. The molecule has 18 heavy (non-hydrogen) atoms. The van der Waals surface area contributed by atoms with Crippen LogP contribution in [-0.4, -0.2) is 12.1 Å². The van der Waals surface area contributed by atoms with Crippen molar-refractivity contribution in [2.24, 2.45) is 5.92 Å². The van der Waals surface area contributed by atoms with Crippen molar-refractivity contribution in [3.8, 4) is 0 Å². The Hall–Kier alpha value is -1.77. The van der Waals surface area contributed by atoms with Crippen LogP contribution in [0, 0.1) is 5.92 Å². The number of alkyl carbamates (subject to hydrolysis) is 1. The summed E-state index contributed by atoms with van der Waals surface area (Å²) in [5.41, 5.74) is 1.00. The van der Waals surface area contributed by atoms with Crippen molar-refractivity contribution in [3.05, 3.63) is 48.0 Å². The Morgan fingerprint density at radius 3 is 2.72 bits per heavy atom. The normalized spacial score (nSPS) is 22.5. The molecule has 1 N–H and O–H groups in total. The average molecular weight is 245 g/mol. The number of carbonyl (C=O) groups is 1. The number of benzene rings is 1. The lowest BCUT2D eigenvalue weighted by atomic mass is 9.91. The number of nitrogens with one attached hydrogen (secondary N) is 1. The largest absolute Gasteiger partial charge is 0.445 e. The third-order valence-electron chi connectivity index (χ3n) is 3.27. The van der Waals surface area contributed by atoms with Crippen molar-refractivity contribution < 1.29 is 9.53 Å². The molecule has 2 rings (SSSR count). The van der Waals surface area contributed by atoms with Gasteiger partial charge in [0.15, 0.2) is 0 Å². The fourth-order valence-corrected chi connectivity index (χ4v) is 2.07. The maximum absolute atomic E-state index is 11.7. The van der Waals surface area contributed by atoms with E-state index in [-0.39, 0.29) is 12.1 Å². The fraction of sp³-hybridized carbons (Fsp3) is 0.400. The summed E-state index contributed by atoms with van der Waals surface area (Å²) < 4.78 is 5.21. The molecule has 0 aliphatic heterocycles. The quantitative estimate of drug-likeness (QED) is 0.830. The Morgan fingerprint density at radius 2 is 2.00 bits per heavy atom. The van der Waals surface area contributed by atoms with E-state index in [1.165, 1.54) is 0 Å². The molecule has 0 bridgehead atoms. The van der Waals surface area contributed by atoms with Crippen molar-refractivity contribution in [1.82, 2.24) is 5.32 Å². The zero-order valence-electron chi connectivity index (χ0n) is 10.6. The minimum Gasteiger partial charge on any atom is -0.445 e. The lowest BCUT2D eigenvalue weighted by Gasteiger charge is -2.25. The molecule has 2 atom stereocenters. The molecule has 3 heteroatoms. The number of carbonyl (C=O) groups excluding carboxylic acids is 1. The van der Waals surface area contributed by atoms with Gasteiger partial charge >= 0.3 is 6.09 Å². The molecule has 0 radical (unpaired) electrons. The molecule has 1 amide bonds. The van der Waals surface area contributed by atoms with Crippen LogP contribution in [-0.2, 0) is 11.3 Å². The van der Waals surface area contributed by atoms with Crippen molar-refractivity contribution in [3.63, 3.8) is 0 Å². The summed E-state index contributed by atoms with van der Waals surface area (Å²) in [4.78, 5) is 11.7. The number of hydrogen-bond donors (Lipinski definition) is 1. The van der Waals surface area contributed by atoms with Gasteiger partial charge in [0.2, 0.25) is 0 Å². The molecule has 0 spiro atoms. The third kappa shape index (κ3) is 3.62. The first-order valence-corrected chi connectivity index (χ1v) is 6.38. The Labute approximate surface area is 108 Å².